The van der Waals surface area contributed by atoms with Crippen LogP contribution in [0.1, 0.15) is 5.82 Å². The first kappa shape index (κ1) is 20.5. The van der Waals surface area contributed by atoms with Crippen molar-refractivity contribution >= 4 is 33.3 Å². The number of anilines is 1. The molecular weight excluding hydrogens is 414 g/mol. The molecule has 5 aromatic rings. The standard InChI is InChI=1S/C27H21N3O3/c1-18-28-25-12-5-4-11-24(25)27(32)30(18)22-10-6-9-21(16-22)29-26(31)17-33-23-14-13-19-7-2-3-8-20(19)15-23/h2-16H,17H2,1H3,(H,29,31). The number of rotatable bonds is 5. The fourth-order valence-corrected chi connectivity index (χ4v) is 3.87. The van der Waals surface area contributed by atoms with Crippen LogP contribution in [0.3, 0.4) is 0 Å². The number of fused-ring (bicyclic) bond motifs is 2. The Hall–Kier alpha value is -4.45. The minimum atomic E-state index is -0.291. The van der Waals surface area contributed by atoms with Gasteiger partial charge in [-0.3, -0.25) is 14.2 Å². The van der Waals surface area contributed by atoms with E-state index in [1.54, 1.807) is 35.8 Å². The minimum Gasteiger partial charge on any atom is -0.484 e. The van der Waals surface area contributed by atoms with E-state index in [1.165, 1.54) is 0 Å². The summed E-state index contributed by atoms with van der Waals surface area (Å²) in [6.45, 7) is 1.66. The Morgan fingerprint density at radius 1 is 0.909 bits per heavy atom. The van der Waals surface area contributed by atoms with E-state index >= 15 is 0 Å². The molecule has 1 aromatic heterocycles. The second-order valence-electron chi connectivity index (χ2n) is 7.71. The largest absolute Gasteiger partial charge is 0.484 e. The van der Waals surface area contributed by atoms with Crippen molar-refractivity contribution in [3.05, 3.63) is 107 Å². The molecule has 5 rings (SSSR count). The average Bonchev–Trinajstić information content (AvgIpc) is 2.83. The van der Waals surface area contributed by atoms with Gasteiger partial charge in [-0.2, -0.15) is 0 Å². The predicted octanol–water partition coefficient (Wildman–Crippen LogP) is 4.86. The van der Waals surface area contributed by atoms with E-state index in [0.717, 1.165) is 10.8 Å². The number of benzene rings is 4. The maximum Gasteiger partial charge on any atom is 0.265 e. The monoisotopic (exact) mass is 435 g/mol. The molecule has 162 valence electrons. The lowest BCUT2D eigenvalue weighted by atomic mass is 10.1. The molecule has 0 saturated heterocycles. The van der Waals surface area contributed by atoms with Gasteiger partial charge in [-0.05, 0) is 60.2 Å². The van der Waals surface area contributed by atoms with Gasteiger partial charge >= 0.3 is 0 Å². The smallest absolute Gasteiger partial charge is 0.265 e. The Labute approximate surface area is 190 Å². The van der Waals surface area contributed by atoms with Gasteiger partial charge in [-0.15, -0.1) is 0 Å². The van der Waals surface area contributed by atoms with Gasteiger partial charge in [0, 0.05) is 5.69 Å². The summed E-state index contributed by atoms with van der Waals surface area (Å²) >= 11 is 0. The first-order valence-corrected chi connectivity index (χ1v) is 10.6. The van der Waals surface area contributed by atoms with Crippen LogP contribution in [-0.2, 0) is 4.79 Å². The van der Waals surface area contributed by atoms with Crippen LogP contribution in [0.2, 0.25) is 0 Å². The van der Waals surface area contributed by atoms with Crippen molar-refractivity contribution in [1.82, 2.24) is 9.55 Å². The van der Waals surface area contributed by atoms with Crippen molar-refractivity contribution < 1.29 is 9.53 Å². The zero-order valence-corrected chi connectivity index (χ0v) is 18.0. The number of para-hydroxylation sites is 1. The highest BCUT2D eigenvalue weighted by Gasteiger charge is 2.11. The number of nitrogens with one attached hydrogen (secondary N) is 1. The van der Waals surface area contributed by atoms with E-state index in [9.17, 15) is 9.59 Å². The lowest BCUT2D eigenvalue weighted by Gasteiger charge is -2.13. The molecule has 1 heterocycles. The number of carbonyl (C=O) groups excluding carboxylic acids is 1. The molecule has 4 aromatic carbocycles. The number of hydrogen-bond acceptors (Lipinski definition) is 4. The summed E-state index contributed by atoms with van der Waals surface area (Å²) in [6.07, 6.45) is 0. The van der Waals surface area contributed by atoms with Crippen molar-refractivity contribution in [2.24, 2.45) is 0 Å². The van der Waals surface area contributed by atoms with Gasteiger partial charge in [-0.1, -0.05) is 48.5 Å². The molecule has 1 N–H and O–H groups in total. The predicted molar refractivity (Wildman–Crippen MR) is 130 cm³/mol. The summed E-state index contributed by atoms with van der Waals surface area (Å²) in [5.41, 5.74) is 1.70. The first-order chi connectivity index (χ1) is 16.1. The summed E-state index contributed by atoms with van der Waals surface area (Å²) < 4.78 is 7.22. The Balaban J connectivity index is 1.34. The molecule has 0 aliphatic carbocycles. The molecule has 0 fully saturated rings. The van der Waals surface area contributed by atoms with Gasteiger partial charge in [-0.25, -0.2) is 4.98 Å². The van der Waals surface area contributed by atoms with Gasteiger partial charge in [0.2, 0.25) is 0 Å². The van der Waals surface area contributed by atoms with Crippen molar-refractivity contribution in [3.8, 4) is 11.4 Å². The fourth-order valence-electron chi connectivity index (χ4n) is 3.87. The van der Waals surface area contributed by atoms with Gasteiger partial charge in [0.1, 0.15) is 11.6 Å². The van der Waals surface area contributed by atoms with Crippen LogP contribution in [0.25, 0.3) is 27.4 Å². The summed E-state index contributed by atoms with van der Waals surface area (Å²) in [4.78, 5) is 30.1. The maximum atomic E-state index is 13.1. The van der Waals surface area contributed by atoms with Crippen LogP contribution in [0, 0.1) is 6.92 Å². The number of hydrogen-bond donors (Lipinski definition) is 1. The van der Waals surface area contributed by atoms with Crippen LogP contribution >= 0.6 is 0 Å². The van der Waals surface area contributed by atoms with Crippen molar-refractivity contribution in [2.45, 2.75) is 6.92 Å². The number of carbonyl (C=O) groups is 1. The number of aryl methyl sites for hydroxylation is 1. The highest BCUT2D eigenvalue weighted by atomic mass is 16.5. The van der Waals surface area contributed by atoms with Crippen molar-refractivity contribution in [3.63, 3.8) is 0 Å². The van der Waals surface area contributed by atoms with Crippen LogP contribution in [0.15, 0.2) is 95.8 Å². The third-order valence-electron chi connectivity index (χ3n) is 5.42. The van der Waals surface area contributed by atoms with Crippen LogP contribution in [0.4, 0.5) is 5.69 Å². The quantitative estimate of drug-likeness (QED) is 0.428. The highest BCUT2D eigenvalue weighted by molar-refractivity contribution is 5.92. The van der Waals surface area contributed by atoms with E-state index in [-0.39, 0.29) is 18.1 Å². The lowest BCUT2D eigenvalue weighted by molar-refractivity contribution is -0.118. The molecule has 0 saturated carbocycles. The molecule has 6 heteroatoms. The van der Waals surface area contributed by atoms with Gasteiger partial charge in [0.05, 0.1) is 16.6 Å². The highest BCUT2D eigenvalue weighted by Crippen LogP contribution is 2.21. The normalized spacial score (nSPS) is 10.9. The molecular formula is C27H21N3O3. The van der Waals surface area contributed by atoms with E-state index in [4.69, 9.17) is 4.74 Å². The van der Waals surface area contributed by atoms with E-state index < -0.39 is 0 Å². The Bertz CT molecular complexity index is 1560. The molecule has 33 heavy (non-hydrogen) atoms. The van der Waals surface area contributed by atoms with Crippen LogP contribution in [0.5, 0.6) is 5.75 Å². The third kappa shape index (κ3) is 4.19. The first-order valence-electron chi connectivity index (χ1n) is 10.6. The minimum absolute atomic E-state index is 0.126. The molecule has 0 unspecified atom stereocenters. The van der Waals surface area contributed by atoms with Gasteiger partial charge < -0.3 is 10.1 Å². The third-order valence-corrected chi connectivity index (χ3v) is 5.42. The molecule has 0 aliphatic rings. The summed E-state index contributed by atoms with van der Waals surface area (Å²) in [7, 11) is 0. The molecule has 0 aliphatic heterocycles. The summed E-state index contributed by atoms with van der Waals surface area (Å²) in [6, 6.07) is 28.1. The van der Waals surface area contributed by atoms with Crippen molar-refractivity contribution in [1.29, 1.82) is 0 Å². The average molecular weight is 435 g/mol. The Morgan fingerprint density at radius 2 is 1.70 bits per heavy atom. The van der Waals surface area contributed by atoms with Crippen LogP contribution in [-0.4, -0.2) is 22.1 Å². The zero-order valence-electron chi connectivity index (χ0n) is 18.0. The van der Waals surface area contributed by atoms with E-state index in [1.807, 2.05) is 66.7 Å². The number of ether oxygens (including phenoxy) is 1. The molecule has 6 nitrogen and oxygen atoms in total. The second kappa shape index (κ2) is 8.59. The summed E-state index contributed by atoms with van der Waals surface area (Å²) in [5, 5.41) is 5.54. The molecule has 1 amide bonds. The Morgan fingerprint density at radius 3 is 2.58 bits per heavy atom. The van der Waals surface area contributed by atoms with Crippen molar-refractivity contribution in [2.75, 3.05) is 11.9 Å². The SMILES string of the molecule is Cc1nc2ccccc2c(=O)n1-c1cccc(NC(=O)COc2ccc3ccccc3c2)c1. The second-order valence-corrected chi connectivity index (χ2v) is 7.71. The Kier molecular flexibility index (Phi) is 5.32. The number of aromatic nitrogens is 2. The number of nitrogens with zero attached hydrogens (tertiary/aromatic N) is 2. The maximum absolute atomic E-state index is 13.1. The topological polar surface area (TPSA) is 73.2 Å². The summed E-state index contributed by atoms with van der Waals surface area (Å²) in [5.74, 6) is 0.907. The fraction of sp³-hybridized carbons (Fsp3) is 0.0741. The van der Waals surface area contributed by atoms with Crippen LogP contribution < -0.4 is 15.6 Å². The van der Waals surface area contributed by atoms with Gasteiger partial charge in [0.25, 0.3) is 11.5 Å². The lowest BCUT2D eigenvalue weighted by Crippen LogP contribution is -2.23. The van der Waals surface area contributed by atoms with E-state index in [2.05, 4.69) is 10.3 Å². The van der Waals surface area contributed by atoms with E-state index in [0.29, 0.717) is 33.9 Å². The number of amides is 1. The molecule has 0 spiro atoms. The van der Waals surface area contributed by atoms with Gasteiger partial charge in [0.15, 0.2) is 6.61 Å². The molecule has 0 atom stereocenters. The molecule has 0 bridgehead atoms. The molecule has 0 radical (unpaired) electrons. The zero-order chi connectivity index (χ0) is 22.8.